The fourth-order valence-corrected chi connectivity index (χ4v) is 3.26. The lowest BCUT2D eigenvalue weighted by Crippen LogP contribution is -2.44. The molecule has 0 saturated heterocycles. The van der Waals surface area contributed by atoms with E-state index >= 15 is 0 Å². The Balaban J connectivity index is 1.65. The lowest BCUT2D eigenvalue weighted by molar-refractivity contribution is -0.137. The molecule has 3 N–H and O–H groups in total. The molecule has 1 amide bonds. The van der Waals surface area contributed by atoms with Gasteiger partial charge in [0.2, 0.25) is 5.91 Å². The zero-order valence-electron chi connectivity index (χ0n) is 14.7. The van der Waals surface area contributed by atoms with Crippen molar-refractivity contribution >= 4 is 11.9 Å². The van der Waals surface area contributed by atoms with Crippen LogP contribution in [-0.2, 0) is 35.5 Å². The third-order valence-electron chi connectivity index (χ3n) is 4.59. The largest absolute Gasteiger partial charge is 0.481 e. The molecule has 2 aromatic rings. The lowest BCUT2D eigenvalue weighted by Gasteiger charge is -2.23. The maximum atomic E-state index is 12.8. The smallest absolute Gasteiger partial charge is 0.303 e. The fourth-order valence-electron chi connectivity index (χ4n) is 3.26. The van der Waals surface area contributed by atoms with Crippen molar-refractivity contribution in [1.82, 2.24) is 14.7 Å². The Kier molecular flexibility index (Phi) is 5.68. The molecule has 0 bridgehead atoms. The number of nitrogens with zero attached hydrogens (tertiary/aromatic N) is 3. The zero-order valence-corrected chi connectivity index (χ0v) is 14.7. The van der Waals surface area contributed by atoms with Crippen LogP contribution in [0.25, 0.3) is 0 Å². The number of fused-ring (bicyclic) bond motifs is 1. The first-order valence-corrected chi connectivity index (χ1v) is 8.88. The summed E-state index contributed by atoms with van der Waals surface area (Å²) in [5.41, 5.74) is 8.89. The summed E-state index contributed by atoms with van der Waals surface area (Å²) in [5.74, 6) is -0.896. The zero-order chi connectivity index (χ0) is 18.5. The summed E-state index contributed by atoms with van der Waals surface area (Å²) in [7, 11) is 0. The summed E-state index contributed by atoms with van der Waals surface area (Å²) < 4.78 is 1.88. The van der Waals surface area contributed by atoms with E-state index in [9.17, 15) is 9.59 Å². The van der Waals surface area contributed by atoms with E-state index in [2.05, 4.69) is 5.10 Å². The van der Waals surface area contributed by atoms with E-state index in [1.807, 2.05) is 41.1 Å². The van der Waals surface area contributed by atoms with Crippen LogP contribution in [0.4, 0.5) is 0 Å². The highest BCUT2D eigenvalue weighted by atomic mass is 16.4. The number of aryl methyl sites for hydroxylation is 2. The Labute approximate surface area is 152 Å². The second-order valence-corrected chi connectivity index (χ2v) is 6.65. The second kappa shape index (κ2) is 8.14. The third kappa shape index (κ3) is 4.49. The summed E-state index contributed by atoms with van der Waals surface area (Å²) in [5, 5.41) is 13.3. The number of rotatable bonds is 6. The number of carboxylic acids is 1. The standard InChI is InChI=1S/C19H24N4O3/c20-17(11-14-5-2-1-3-6-14)19(26)22-9-4-10-23-16(13-22)12-15(21-23)7-8-18(24)25/h1-3,5-6,12,17H,4,7-11,13,20H2,(H,24,25)/t17-/m0/s1. The van der Waals surface area contributed by atoms with Crippen LogP contribution in [0.15, 0.2) is 36.4 Å². The molecule has 0 spiro atoms. The van der Waals surface area contributed by atoms with Gasteiger partial charge in [0, 0.05) is 19.5 Å². The van der Waals surface area contributed by atoms with E-state index in [1.165, 1.54) is 0 Å². The van der Waals surface area contributed by atoms with Crippen molar-refractivity contribution in [2.24, 2.45) is 5.73 Å². The monoisotopic (exact) mass is 356 g/mol. The second-order valence-electron chi connectivity index (χ2n) is 6.65. The molecule has 7 nitrogen and oxygen atoms in total. The van der Waals surface area contributed by atoms with Crippen molar-refractivity contribution < 1.29 is 14.7 Å². The van der Waals surface area contributed by atoms with Crippen LogP contribution >= 0.6 is 0 Å². The molecule has 2 heterocycles. The summed E-state index contributed by atoms with van der Waals surface area (Å²) in [6.45, 7) is 1.83. The molecule has 1 aliphatic rings. The number of amides is 1. The highest BCUT2D eigenvalue weighted by Gasteiger charge is 2.25. The van der Waals surface area contributed by atoms with Crippen LogP contribution in [0, 0.1) is 0 Å². The van der Waals surface area contributed by atoms with Crippen molar-refractivity contribution in [2.75, 3.05) is 6.54 Å². The van der Waals surface area contributed by atoms with E-state index < -0.39 is 12.0 Å². The topological polar surface area (TPSA) is 101 Å². The van der Waals surface area contributed by atoms with Gasteiger partial charge in [-0.2, -0.15) is 5.10 Å². The molecule has 1 aromatic heterocycles. The molecule has 26 heavy (non-hydrogen) atoms. The maximum absolute atomic E-state index is 12.8. The highest BCUT2D eigenvalue weighted by Crippen LogP contribution is 2.16. The number of carbonyl (C=O) groups excluding carboxylic acids is 1. The van der Waals surface area contributed by atoms with Gasteiger partial charge >= 0.3 is 5.97 Å². The quantitative estimate of drug-likeness (QED) is 0.810. The Morgan fingerprint density at radius 2 is 2.00 bits per heavy atom. The van der Waals surface area contributed by atoms with Crippen molar-refractivity contribution in [3.05, 3.63) is 53.3 Å². The van der Waals surface area contributed by atoms with E-state index in [4.69, 9.17) is 10.8 Å². The minimum Gasteiger partial charge on any atom is -0.481 e. The average Bonchev–Trinajstić information content (AvgIpc) is 2.90. The number of aromatic nitrogens is 2. The fraction of sp³-hybridized carbons (Fsp3) is 0.421. The van der Waals surface area contributed by atoms with Crippen LogP contribution in [0.2, 0.25) is 0 Å². The molecular formula is C19H24N4O3. The van der Waals surface area contributed by atoms with Gasteiger partial charge in [-0.15, -0.1) is 0 Å². The van der Waals surface area contributed by atoms with Crippen LogP contribution in [0.1, 0.15) is 29.8 Å². The predicted molar refractivity (Wildman–Crippen MR) is 96.3 cm³/mol. The van der Waals surface area contributed by atoms with Crippen LogP contribution in [0.3, 0.4) is 0 Å². The summed E-state index contributed by atoms with van der Waals surface area (Å²) in [6.07, 6.45) is 1.77. The molecule has 0 fully saturated rings. The molecule has 7 heteroatoms. The first kappa shape index (κ1) is 18.1. The van der Waals surface area contributed by atoms with Gasteiger partial charge in [-0.25, -0.2) is 0 Å². The SMILES string of the molecule is N[C@@H](Cc1ccccc1)C(=O)N1CCCn2nc(CCC(=O)O)cc2C1. The van der Waals surface area contributed by atoms with E-state index in [1.54, 1.807) is 4.90 Å². The summed E-state index contributed by atoms with van der Waals surface area (Å²) in [6, 6.07) is 11.1. The third-order valence-corrected chi connectivity index (χ3v) is 4.59. The van der Waals surface area contributed by atoms with Gasteiger partial charge in [-0.05, 0) is 24.5 Å². The Bertz CT molecular complexity index is 772. The number of aliphatic carboxylic acids is 1. The molecule has 138 valence electrons. The van der Waals surface area contributed by atoms with E-state index in [-0.39, 0.29) is 12.3 Å². The normalized spacial score (nSPS) is 15.2. The molecule has 1 aliphatic heterocycles. The molecule has 1 atom stereocenters. The summed E-state index contributed by atoms with van der Waals surface area (Å²) >= 11 is 0. The van der Waals surface area contributed by atoms with Gasteiger partial charge < -0.3 is 15.7 Å². The van der Waals surface area contributed by atoms with Crippen LogP contribution in [-0.4, -0.2) is 44.3 Å². The van der Waals surface area contributed by atoms with Gasteiger partial charge in [0.05, 0.1) is 30.4 Å². The molecular weight excluding hydrogens is 332 g/mol. The number of benzene rings is 1. The minimum absolute atomic E-state index is 0.0566. The van der Waals surface area contributed by atoms with E-state index in [0.29, 0.717) is 25.9 Å². The van der Waals surface area contributed by atoms with Gasteiger partial charge in [0.1, 0.15) is 0 Å². The number of hydrogen-bond donors (Lipinski definition) is 2. The van der Waals surface area contributed by atoms with Crippen molar-refractivity contribution in [3.63, 3.8) is 0 Å². The highest BCUT2D eigenvalue weighted by molar-refractivity contribution is 5.82. The van der Waals surface area contributed by atoms with Gasteiger partial charge in [-0.3, -0.25) is 14.3 Å². The van der Waals surface area contributed by atoms with Gasteiger partial charge in [0.15, 0.2) is 0 Å². The van der Waals surface area contributed by atoms with Gasteiger partial charge in [0.25, 0.3) is 0 Å². The predicted octanol–water partition coefficient (Wildman–Crippen LogP) is 1.20. The first-order valence-electron chi connectivity index (χ1n) is 8.88. The van der Waals surface area contributed by atoms with Crippen LogP contribution < -0.4 is 5.73 Å². The van der Waals surface area contributed by atoms with E-state index in [0.717, 1.165) is 29.9 Å². The Hall–Kier alpha value is -2.67. The molecule has 0 aliphatic carbocycles. The molecule has 0 radical (unpaired) electrons. The van der Waals surface area contributed by atoms with Crippen molar-refractivity contribution in [2.45, 2.75) is 44.8 Å². The van der Waals surface area contributed by atoms with Crippen molar-refractivity contribution in [1.29, 1.82) is 0 Å². The van der Waals surface area contributed by atoms with Crippen LogP contribution in [0.5, 0.6) is 0 Å². The molecule has 0 unspecified atom stereocenters. The number of hydrogen-bond acceptors (Lipinski definition) is 4. The molecule has 3 rings (SSSR count). The Morgan fingerprint density at radius 3 is 2.73 bits per heavy atom. The lowest BCUT2D eigenvalue weighted by atomic mass is 10.1. The first-order chi connectivity index (χ1) is 12.5. The van der Waals surface area contributed by atoms with Gasteiger partial charge in [-0.1, -0.05) is 30.3 Å². The number of nitrogens with two attached hydrogens (primary N) is 1. The minimum atomic E-state index is -0.836. The molecule has 1 aromatic carbocycles. The number of carbonyl (C=O) groups is 2. The molecule has 0 saturated carbocycles. The maximum Gasteiger partial charge on any atom is 0.303 e. The Morgan fingerprint density at radius 1 is 1.23 bits per heavy atom. The van der Waals surface area contributed by atoms with Crippen molar-refractivity contribution in [3.8, 4) is 0 Å². The number of carboxylic acid groups (broad SMARTS) is 1. The average molecular weight is 356 g/mol. The summed E-state index contributed by atoms with van der Waals surface area (Å²) in [4.78, 5) is 25.3.